The highest BCUT2D eigenvalue weighted by molar-refractivity contribution is 6.49. The molecule has 0 rings (SSSR count). The van der Waals surface area contributed by atoms with Gasteiger partial charge in [0, 0.05) is 14.2 Å². The third-order valence-electron chi connectivity index (χ3n) is 3.54. The van der Waals surface area contributed by atoms with Gasteiger partial charge in [0.05, 0.1) is 5.60 Å². The first-order valence-electron chi connectivity index (χ1n) is 6.15. The molecule has 0 N–H and O–H groups in total. The molecule has 2 nitrogen and oxygen atoms in total. The number of nitrogens with zero attached hydrogens (tertiary/aromatic N) is 1. The minimum Gasteiger partial charge on any atom is -0.429 e. The summed E-state index contributed by atoms with van der Waals surface area (Å²) >= 11 is 0. The molecular formula is C14H29BNO. The molecule has 0 aliphatic rings. The van der Waals surface area contributed by atoms with Gasteiger partial charge in [0.1, 0.15) is 0 Å². The molecule has 0 saturated carbocycles. The Morgan fingerprint density at radius 3 is 1.82 bits per heavy atom. The molecule has 0 aromatic rings. The Bertz CT molecular complexity index is 323. The maximum Gasteiger partial charge on any atom is 0.332 e. The van der Waals surface area contributed by atoms with Crippen LogP contribution >= 0.6 is 0 Å². The lowest BCUT2D eigenvalue weighted by atomic mass is 9.74. The highest BCUT2D eigenvalue weighted by Crippen LogP contribution is 2.33. The van der Waals surface area contributed by atoms with E-state index in [0.717, 1.165) is 11.2 Å². The maximum absolute atomic E-state index is 5.98. The Labute approximate surface area is 109 Å². The molecule has 1 radical (unpaired) electrons. The quantitative estimate of drug-likeness (QED) is 0.534. The summed E-state index contributed by atoms with van der Waals surface area (Å²) in [4.78, 5) is 4.22. The van der Waals surface area contributed by atoms with Crippen molar-refractivity contribution in [1.82, 2.24) is 0 Å². The van der Waals surface area contributed by atoms with Crippen molar-refractivity contribution < 1.29 is 6.08 Å². The van der Waals surface area contributed by atoms with Crippen LogP contribution in [0, 0.1) is 5.41 Å². The number of allylic oxidation sites excluding steroid dienone is 2. The fourth-order valence-corrected chi connectivity index (χ4v) is 1.07. The molecule has 3 heteroatoms. The molecule has 0 unspecified atom stereocenters. The average molecular weight is 238 g/mol. The van der Waals surface area contributed by atoms with Crippen LogP contribution in [0.4, 0.5) is 0 Å². The van der Waals surface area contributed by atoms with E-state index < -0.39 is 0 Å². The van der Waals surface area contributed by atoms with E-state index in [0.29, 0.717) is 0 Å². The van der Waals surface area contributed by atoms with Crippen LogP contribution in [0.1, 0.15) is 56.8 Å². The monoisotopic (exact) mass is 238 g/mol. The van der Waals surface area contributed by atoms with Crippen molar-refractivity contribution in [2.75, 3.05) is 7.05 Å². The van der Waals surface area contributed by atoms with Gasteiger partial charge < -0.3 is 4.65 Å². The molecule has 0 saturated heterocycles. The standard InChI is InChI=1S/C14H27BNO.H2/c1-10(2)12(11(3)16-9)15-17-14(7,8)13(4,5)6;/h1-9H3;1H. The van der Waals surface area contributed by atoms with Crippen molar-refractivity contribution in [3.63, 3.8) is 0 Å². The number of hydrogen-bond acceptors (Lipinski definition) is 2. The van der Waals surface area contributed by atoms with Crippen molar-refractivity contribution in [3.05, 3.63) is 11.0 Å². The Hall–Kier alpha value is -0.565. The molecule has 0 aliphatic heterocycles. The van der Waals surface area contributed by atoms with E-state index in [2.05, 4.69) is 53.5 Å². The number of aliphatic imine (C=N–C) groups is 1. The van der Waals surface area contributed by atoms with Crippen molar-refractivity contribution >= 4 is 13.2 Å². The van der Waals surface area contributed by atoms with Crippen LogP contribution in [-0.4, -0.2) is 25.8 Å². The third-order valence-corrected chi connectivity index (χ3v) is 3.54. The summed E-state index contributed by atoms with van der Waals surface area (Å²) in [5.74, 6) is 0. The predicted octanol–water partition coefficient (Wildman–Crippen LogP) is 4.08. The molecule has 0 amide bonds. The highest BCUT2D eigenvalue weighted by atomic mass is 16.5. The van der Waals surface area contributed by atoms with Gasteiger partial charge in [0.2, 0.25) is 0 Å². The Kier molecular flexibility index (Phi) is 5.66. The number of rotatable bonds is 4. The van der Waals surface area contributed by atoms with E-state index in [4.69, 9.17) is 4.65 Å². The van der Waals surface area contributed by atoms with Crippen LogP contribution < -0.4 is 0 Å². The van der Waals surface area contributed by atoms with Crippen LogP contribution in [0.5, 0.6) is 0 Å². The second kappa shape index (κ2) is 5.86. The molecular weight excluding hydrogens is 209 g/mol. The van der Waals surface area contributed by atoms with Crippen LogP contribution in [0.15, 0.2) is 16.0 Å². The normalized spacial score (nSPS) is 13.6. The van der Waals surface area contributed by atoms with Gasteiger partial charge >= 0.3 is 7.48 Å². The molecule has 0 atom stereocenters. The Morgan fingerprint density at radius 2 is 1.53 bits per heavy atom. The summed E-state index contributed by atoms with van der Waals surface area (Å²) in [5, 5.41) is 0. The van der Waals surface area contributed by atoms with Gasteiger partial charge in [0.25, 0.3) is 0 Å². The molecule has 17 heavy (non-hydrogen) atoms. The molecule has 0 aromatic carbocycles. The summed E-state index contributed by atoms with van der Waals surface area (Å²) < 4.78 is 5.98. The van der Waals surface area contributed by atoms with Gasteiger partial charge in [0.15, 0.2) is 0 Å². The van der Waals surface area contributed by atoms with Crippen molar-refractivity contribution in [1.29, 1.82) is 0 Å². The summed E-state index contributed by atoms with van der Waals surface area (Å²) in [6, 6.07) is 0. The Morgan fingerprint density at radius 1 is 1.06 bits per heavy atom. The smallest absolute Gasteiger partial charge is 0.332 e. The Balaban J connectivity index is 0. The van der Waals surface area contributed by atoms with Crippen LogP contribution in [0.2, 0.25) is 0 Å². The maximum atomic E-state index is 5.98. The fraction of sp³-hybridized carbons (Fsp3) is 0.786. The largest absolute Gasteiger partial charge is 0.429 e. The summed E-state index contributed by atoms with van der Waals surface area (Å²) in [5.41, 5.74) is 3.20. The lowest BCUT2D eigenvalue weighted by molar-refractivity contribution is 0.00451. The van der Waals surface area contributed by atoms with Crippen LogP contribution in [0.25, 0.3) is 0 Å². The molecule has 0 heterocycles. The van der Waals surface area contributed by atoms with Crippen molar-refractivity contribution in [2.45, 2.75) is 61.0 Å². The molecule has 99 valence electrons. The molecule has 0 bridgehead atoms. The molecule has 0 fully saturated rings. The topological polar surface area (TPSA) is 21.6 Å². The average Bonchev–Trinajstić information content (AvgIpc) is 2.15. The van der Waals surface area contributed by atoms with Crippen molar-refractivity contribution in [2.24, 2.45) is 10.4 Å². The zero-order chi connectivity index (χ0) is 13.9. The predicted molar refractivity (Wildman–Crippen MR) is 79.9 cm³/mol. The molecule has 0 aromatic heterocycles. The van der Waals surface area contributed by atoms with E-state index in [1.807, 2.05) is 14.4 Å². The first-order chi connectivity index (χ1) is 7.53. The summed E-state index contributed by atoms with van der Waals surface area (Å²) in [7, 11) is 3.66. The van der Waals surface area contributed by atoms with Crippen LogP contribution in [0.3, 0.4) is 0 Å². The number of hydrogen-bond donors (Lipinski definition) is 0. The first kappa shape index (κ1) is 16.4. The summed E-state index contributed by atoms with van der Waals surface area (Å²) in [6.07, 6.45) is 0. The zero-order valence-electron chi connectivity index (χ0n) is 12.9. The molecule has 0 aliphatic carbocycles. The van der Waals surface area contributed by atoms with Gasteiger partial charge in [-0.1, -0.05) is 26.3 Å². The first-order valence-corrected chi connectivity index (χ1v) is 6.15. The van der Waals surface area contributed by atoms with E-state index in [-0.39, 0.29) is 12.4 Å². The van der Waals surface area contributed by atoms with Gasteiger partial charge in [-0.2, -0.15) is 0 Å². The minimum absolute atomic E-state index is 0. The second-order valence-electron chi connectivity index (χ2n) is 6.22. The third kappa shape index (κ3) is 4.67. The molecule has 0 spiro atoms. The van der Waals surface area contributed by atoms with E-state index in [1.54, 1.807) is 7.05 Å². The van der Waals surface area contributed by atoms with E-state index in [9.17, 15) is 0 Å². The lowest BCUT2D eigenvalue weighted by Gasteiger charge is -2.39. The second-order valence-corrected chi connectivity index (χ2v) is 6.22. The lowest BCUT2D eigenvalue weighted by Crippen LogP contribution is -2.41. The summed E-state index contributed by atoms with van der Waals surface area (Å²) in [6.45, 7) is 16.9. The zero-order valence-corrected chi connectivity index (χ0v) is 12.9. The van der Waals surface area contributed by atoms with Gasteiger partial charge in [-0.05, 0) is 45.5 Å². The van der Waals surface area contributed by atoms with Gasteiger partial charge in [-0.25, -0.2) is 0 Å². The van der Waals surface area contributed by atoms with Gasteiger partial charge in [-0.15, -0.1) is 0 Å². The minimum atomic E-state index is -0.207. The van der Waals surface area contributed by atoms with Crippen LogP contribution in [-0.2, 0) is 4.65 Å². The van der Waals surface area contributed by atoms with E-state index in [1.165, 1.54) is 5.57 Å². The van der Waals surface area contributed by atoms with Crippen molar-refractivity contribution in [3.8, 4) is 0 Å². The highest BCUT2D eigenvalue weighted by Gasteiger charge is 2.33. The van der Waals surface area contributed by atoms with E-state index >= 15 is 0 Å². The SMILES string of the molecule is CN=C(C)C([B]OC(C)(C)C(C)(C)C)=C(C)C.[HH]. The fourth-order valence-electron chi connectivity index (χ4n) is 1.07. The van der Waals surface area contributed by atoms with Gasteiger partial charge in [-0.3, -0.25) is 4.99 Å².